The standard InChI is InChI=1S/C20H21F3N2O/c21-20(22,23)16-8-6-15(7-9-16)19(26)25-18-11-4-14(5-12-18)3-10-17-2-1-13-24-17/h4-9,11-12,17,24H,1-3,10,13H2,(H,25,26)/t17-/m1/s1. The van der Waals surface area contributed by atoms with E-state index in [1.807, 2.05) is 24.3 Å². The van der Waals surface area contributed by atoms with Crippen LogP contribution in [-0.2, 0) is 12.6 Å². The lowest BCUT2D eigenvalue weighted by Crippen LogP contribution is -2.21. The molecule has 3 rings (SSSR count). The maximum atomic E-state index is 12.6. The maximum Gasteiger partial charge on any atom is 0.416 e. The summed E-state index contributed by atoms with van der Waals surface area (Å²) in [5.74, 6) is -0.429. The first-order valence-electron chi connectivity index (χ1n) is 8.73. The van der Waals surface area contributed by atoms with Crippen molar-refractivity contribution in [3.8, 4) is 0 Å². The molecule has 0 radical (unpaired) electrons. The number of benzene rings is 2. The van der Waals surface area contributed by atoms with Crippen LogP contribution in [-0.4, -0.2) is 18.5 Å². The van der Waals surface area contributed by atoms with E-state index in [1.54, 1.807) is 0 Å². The zero-order valence-corrected chi connectivity index (χ0v) is 14.3. The fourth-order valence-electron chi connectivity index (χ4n) is 3.11. The normalized spacial score (nSPS) is 17.3. The predicted octanol–water partition coefficient (Wildman–Crippen LogP) is 4.64. The molecule has 0 unspecified atom stereocenters. The summed E-state index contributed by atoms with van der Waals surface area (Å²) in [6.45, 7) is 1.10. The molecule has 0 aliphatic carbocycles. The zero-order valence-electron chi connectivity index (χ0n) is 14.3. The van der Waals surface area contributed by atoms with Gasteiger partial charge in [-0.05, 0) is 74.2 Å². The number of rotatable bonds is 5. The summed E-state index contributed by atoms with van der Waals surface area (Å²) in [6.07, 6.45) is 0.127. The van der Waals surface area contributed by atoms with Crippen LogP contribution < -0.4 is 10.6 Å². The van der Waals surface area contributed by atoms with Crippen molar-refractivity contribution in [2.45, 2.75) is 37.9 Å². The van der Waals surface area contributed by atoms with E-state index < -0.39 is 17.6 Å². The van der Waals surface area contributed by atoms with Gasteiger partial charge in [-0.25, -0.2) is 0 Å². The summed E-state index contributed by atoms with van der Waals surface area (Å²) in [4.78, 5) is 12.2. The number of hydrogen-bond donors (Lipinski definition) is 2. The Balaban J connectivity index is 1.55. The number of carbonyl (C=O) groups excluding carboxylic acids is 1. The molecule has 138 valence electrons. The largest absolute Gasteiger partial charge is 0.416 e. The third-order valence-corrected chi connectivity index (χ3v) is 4.63. The van der Waals surface area contributed by atoms with Crippen LogP contribution in [0, 0.1) is 0 Å². The van der Waals surface area contributed by atoms with Crippen LogP contribution in [0.15, 0.2) is 48.5 Å². The molecule has 1 aliphatic heterocycles. The summed E-state index contributed by atoms with van der Waals surface area (Å²) in [5, 5.41) is 6.18. The number of aryl methyl sites for hydroxylation is 1. The average molecular weight is 362 g/mol. The van der Waals surface area contributed by atoms with Crippen molar-refractivity contribution in [3.63, 3.8) is 0 Å². The van der Waals surface area contributed by atoms with Crippen molar-refractivity contribution in [2.75, 3.05) is 11.9 Å². The first-order chi connectivity index (χ1) is 12.4. The third-order valence-electron chi connectivity index (χ3n) is 4.63. The van der Waals surface area contributed by atoms with Crippen molar-refractivity contribution in [1.82, 2.24) is 5.32 Å². The highest BCUT2D eigenvalue weighted by Crippen LogP contribution is 2.29. The van der Waals surface area contributed by atoms with Crippen molar-refractivity contribution in [3.05, 3.63) is 65.2 Å². The predicted molar refractivity (Wildman–Crippen MR) is 95.2 cm³/mol. The average Bonchev–Trinajstić information content (AvgIpc) is 3.14. The minimum Gasteiger partial charge on any atom is -0.322 e. The van der Waals surface area contributed by atoms with Crippen LogP contribution in [0.2, 0.25) is 0 Å². The van der Waals surface area contributed by atoms with Gasteiger partial charge >= 0.3 is 6.18 Å². The van der Waals surface area contributed by atoms with Crippen molar-refractivity contribution < 1.29 is 18.0 Å². The van der Waals surface area contributed by atoms with E-state index in [9.17, 15) is 18.0 Å². The SMILES string of the molecule is O=C(Nc1ccc(CC[C@H]2CCCN2)cc1)c1ccc(C(F)(F)F)cc1. The van der Waals surface area contributed by atoms with Gasteiger partial charge in [0, 0.05) is 17.3 Å². The van der Waals surface area contributed by atoms with Gasteiger partial charge in [-0.1, -0.05) is 12.1 Å². The minimum absolute atomic E-state index is 0.189. The molecule has 2 aromatic carbocycles. The molecular weight excluding hydrogens is 341 g/mol. The lowest BCUT2D eigenvalue weighted by molar-refractivity contribution is -0.137. The Morgan fingerprint density at radius 3 is 2.35 bits per heavy atom. The van der Waals surface area contributed by atoms with E-state index in [1.165, 1.54) is 30.5 Å². The molecule has 0 spiro atoms. The summed E-state index contributed by atoms with van der Waals surface area (Å²) in [6, 6.07) is 12.4. The van der Waals surface area contributed by atoms with Gasteiger partial charge < -0.3 is 10.6 Å². The molecule has 3 nitrogen and oxygen atoms in total. The zero-order chi connectivity index (χ0) is 18.6. The van der Waals surface area contributed by atoms with E-state index in [0.29, 0.717) is 11.7 Å². The molecule has 1 aliphatic rings. The van der Waals surface area contributed by atoms with Crippen LogP contribution in [0.25, 0.3) is 0 Å². The summed E-state index contributed by atoms with van der Waals surface area (Å²) < 4.78 is 37.7. The van der Waals surface area contributed by atoms with Crippen LogP contribution in [0.3, 0.4) is 0 Å². The van der Waals surface area contributed by atoms with Gasteiger partial charge in [0.25, 0.3) is 5.91 Å². The molecule has 0 aromatic heterocycles. The number of hydrogen-bond acceptors (Lipinski definition) is 2. The molecule has 6 heteroatoms. The molecule has 1 atom stereocenters. The Kier molecular flexibility index (Phi) is 5.61. The summed E-state index contributed by atoms with van der Waals surface area (Å²) in [7, 11) is 0. The van der Waals surface area contributed by atoms with E-state index >= 15 is 0 Å². The fourth-order valence-corrected chi connectivity index (χ4v) is 3.11. The Bertz CT molecular complexity index is 733. The molecule has 26 heavy (non-hydrogen) atoms. The van der Waals surface area contributed by atoms with Crippen LogP contribution in [0.1, 0.15) is 40.7 Å². The highest BCUT2D eigenvalue weighted by Gasteiger charge is 2.30. The third kappa shape index (κ3) is 4.85. The smallest absolute Gasteiger partial charge is 0.322 e. The second-order valence-corrected chi connectivity index (χ2v) is 6.56. The monoisotopic (exact) mass is 362 g/mol. The van der Waals surface area contributed by atoms with Crippen LogP contribution in [0.5, 0.6) is 0 Å². The molecule has 0 bridgehead atoms. The highest BCUT2D eigenvalue weighted by molar-refractivity contribution is 6.04. The van der Waals surface area contributed by atoms with Crippen LogP contribution >= 0.6 is 0 Å². The Labute approximate surface area is 150 Å². The second kappa shape index (κ2) is 7.91. The van der Waals surface area contributed by atoms with Gasteiger partial charge in [-0.2, -0.15) is 13.2 Å². The number of alkyl halides is 3. The topological polar surface area (TPSA) is 41.1 Å². The molecule has 2 aromatic rings. The number of nitrogens with one attached hydrogen (secondary N) is 2. The number of carbonyl (C=O) groups is 1. The lowest BCUT2D eigenvalue weighted by Gasteiger charge is -2.11. The molecule has 1 saturated heterocycles. The first-order valence-corrected chi connectivity index (χ1v) is 8.73. The Hall–Kier alpha value is -2.34. The van der Waals surface area contributed by atoms with Crippen molar-refractivity contribution in [2.24, 2.45) is 0 Å². The van der Waals surface area contributed by atoms with Crippen molar-refractivity contribution in [1.29, 1.82) is 0 Å². The Morgan fingerprint density at radius 2 is 1.77 bits per heavy atom. The van der Waals surface area contributed by atoms with E-state index in [0.717, 1.165) is 31.5 Å². The van der Waals surface area contributed by atoms with E-state index in [2.05, 4.69) is 10.6 Å². The first kappa shape index (κ1) is 18.5. The molecule has 1 heterocycles. The Morgan fingerprint density at radius 1 is 1.08 bits per heavy atom. The number of amides is 1. The second-order valence-electron chi connectivity index (χ2n) is 6.56. The van der Waals surface area contributed by atoms with Gasteiger partial charge in [-0.15, -0.1) is 0 Å². The quantitative estimate of drug-likeness (QED) is 0.813. The van der Waals surface area contributed by atoms with Gasteiger partial charge in [0.1, 0.15) is 0 Å². The molecule has 0 saturated carbocycles. The highest BCUT2D eigenvalue weighted by atomic mass is 19.4. The van der Waals surface area contributed by atoms with Crippen LogP contribution in [0.4, 0.5) is 18.9 Å². The van der Waals surface area contributed by atoms with Gasteiger partial charge in [-0.3, -0.25) is 4.79 Å². The molecule has 2 N–H and O–H groups in total. The maximum absolute atomic E-state index is 12.6. The van der Waals surface area contributed by atoms with E-state index in [-0.39, 0.29) is 5.56 Å². The van der Waals surface area contributed by atoms with E-state index in [4.69, 9.17) is 0 Å². The minimum atomic E-state index is -4.40. The number of anilines is 1. The van der Waals surface area contributed by atoms with Crippen molar-refractivity contribution >= 4 is 11.6 Å². The van der Waals surface area contributed by atoms with Gasteiger partial charge in [0.2, 0.25) is 0 Å². The molecule has 1 amide bonds. The van der Waals surface area contributed by atoms with Gasteiger partial charge in [0.15, 0.2) is 0 Å². The van der Waals surface area contributed by atoms with Gasteiger partial charge in [0.05, 0.1) is 5.56 Å². The lowest BCUT2D eigenvalue weighted by atomic mass is 10.0. The molecular formula is C20H21F3N2O. The molecule has 1 fully saturated rings. The fraction of sp³-hybridized carbons (Fsp3) is 0.350. The summed E-state index contributed by atoms with van der Waals surface area (Å²) >= 11 is 0. The summed E-state index contributed by atoms with van der Waals surface area (Å²) in [5.41, 5.74) is 1.24. The number of halogens is 3.